The number of amides is 1. The Labute approximate surface area is 142 Å². The number of hydrogen-bond acceptors (Lipinski definition) is 6. The topological polar surface area (TPSA) is 86.5 Å². The largest absolute Gasteiger partial charge is 0.497 e. The van der Waals surface area contributed by atoms with E-state index in [0.29, 0.717) is 17.1 Å². The van der Waals surface area contributed by atoms with E-state index in [9.17, 15) is 9.18 Å². The number of anilines is 1. The van der Waals surface area contributed by atoms with E-state index in [0.717, 1.165) is 0 Å². The van der Waals surface area contributed by atoms with Gasteiger partial charge in [0.2, 0.25) is 5.89 Å². The Balaban J connectivity index is 1.81. The van der Waals surface area contributed by atoms with E-state index in [1.807, 2.05) is 0 Å². The molecular formula is C17H14FN3O4. The fourth-order valence-electron chi connectivity index (χ4n) is 2.14. The van der Waals surface area contributed by atoms with E-state index < -0.39 is 5.91 Å². The average molecular weight is 343 g/mol. The zero-order chi connectivity index (χ0) is 17.8. The van der Waals surface area contributed by atoms with Crippen LogP contribution in [0, 0.1) is 5.82 Å². The summed E-state index contributed by atoms with van der Waals surface area (Å²) < 4.78 is 28.6. The maximum Gasteiger partial charge on any atom is 0.322 e. The maximum absolute atomic E-state index is 13.0. The fourth-order valence-corrected chi connectivity index (χ4v) is 2.14. The van der Waals surface area contributed by atoms with Gasteiger partial charge in [-0.25, -0.2) is 4.39 Å². The smallest absolute Gasteiger partial charge is 0.322 e. The van der Waals surface area contributed by atoms with Crippen LogP contribution in [0.4, 0.5) is 10.4 Å². The third kappa shape index (κ3) is 3.57. The first kappa shape index (κ1) is 16.4. The molecule has 0 aliphatic carbocycles. The number of rotatable bonds is 5. The van der Waals surface area contributed by atoms with Crippen molar-refractivity contribution in [2.45, 2.75) is 0 Å². The van der Waals surface area contributed by atoms with Gasteiger partial charge in [0.1, 0.15) is 17.3 Å². The number of carbonyl (C=O) groups is 1. The summed E-state index contributed by atoms with van der Waals surface area (Å²) >= 11 is 0. The minimum absolute atomic E-state index is 0.0887. The van der Waals surface area contributed by atoms with E-state index in [4.69, 9.17) is 13.9 Å². The highest BCUT2D eigenvalue weighted by Crippen LogP contribution is 2.25. The Bertz CT molecular complexity index is 893. The number of nitrogens with zero attached hydrogens (tertiary/aromatic N) is 2. The van der Waals surface area contributed by atoms with Gasteiger partial charge in [0.25, 0.3) is 5.91 Å². The Morgan fingerprint density at radius 2 is 1.84 bits per heavy atom. The van der Waals surface area contributed by atoms with Crippen LogP contribution < -0.4 is 14.8 Å². The Morgan fingerprint density at radius 1 is 1.08 bits per heavy atom. The molecule has 8 heteroatoms. The lowest BCUT2D eigenvalue weighted by atomic mass is 10.1. The zero-order valence-electron chi connectivity index (χ0n) is 13.4. The van der Waals surface area contributed by atoms with Crippen molar-refractivity contribution in [2.75, 3.05) is 19.5 Å². The van der Waals surface area contributed by atoms with Gasteiger partial charge in [0.05, 0.1) is 19.8 Å². The highest BCUT2D eigenvalue weighted by Gasteiger charge is 2.17. The molecule has 0 saturated carbocycles. The van der Waals surface area contributed by atoms with Crippen molar-refractivity contribution in [3.05, 3.63) is 53.8 Å². The summed E-state index contributed by atoms with van der Waals surface area (Å²) in [5, 5.41) is 10.1. The first-order valence-corrected chi connectivity index (χ1v) is 7.23. The number of carbonyl (C=O) groups excluding carboxylic acids is 1. The summed E-state index contributed by atoms with van der Waals surface area (Å²) in [6, 6.07) is 10.3. The highest BCUT2D eigenvalue weighted by molar-refractivity contribution is 6.05. The number of benzene rings is 2. The van der Waals surface area contributed by atoms with Crippen LogP contribution in [-0.2, 0) is 0 Å². The summed E-state index contributed by atoms with van der Waals surface area (Å²) in [6.45, 7) is 0. The van der Waals surface area contributed by atoms with Gasteiger partial charge in [0.15, 0.2) is 0 Å². The van der Waals surface area contributed by atoms with Crippen LogP contribution in [0.5, 0.6) is 11.5 Å². The van der Waals surface area contributed by atoms with Crippen molar-refractivity contribution in [3.63, 3.8) is 0 Å². The van der Waals surface area contributed by atoms with Crippen molar-refractivity contribution in [2.24, 2.45) is 0 Å². The van der Waals surface area contributed by atoms with Crippen LogP contribution in [0.1, 0.15) is 10.4 Å². The van der Waals surface area contributed by atoms with E-state index in [-0.39, 0.29) is 23.3 Å². The SMILES string of the molecule is COc1ccc(OC)c(C(=O)Nc2nnc(-c3ccc(F)cc3)o2)c1. The van der Waals surface area contributed by atoms with Gasteiger partial charge >= 0.3 is 6.01 Å². The third-order valence-corrected chi connectivity index (χ3v) is 3.39. The molecule has 25 heavy (non-hydrogen) atoms. The molecule has 0 spiro atoms. The maximum atomic E-state index is 13.0. The van der Waals surface area contributed by atoms with Crippen molar-refractivity contribution >= 4 is 11.9 Å². The zero-order valence-corrected chi connectivity index (χ0v) is 13.4. The lowest BCUT2D eigenvalue weighted by Crippen LogP contribution is -2.13. The second-order valence-electron chi connectivity index (χ2n) is 4.94. The summed E-state index contributed by atoms with van der Waals surface area (Å²) in [6.07, 6.45) is 0. The molecule has 0 aliphatic heterocycles. The second-order valence-corrected chi connectivity index (χ2v) is 4.94. The van der Waals surface area contributed by atoms with Gasteiger partial charge in [0, 0.05) is 5.56 Å². The first-order valence-electron chi connectivity index (χ1n) is 7.23. The number of ether oxygens (including phenoxy) is 2. The van der Waals surface area contributed by atoms with Gasteiger partial charge in [-0.15, -0.1) is 5.10 Å². The summed E-state index contributed by atoms with van der Waals surface area (Å²) in [4.78, 5) is 12.4. The number of aromatic nitrogens is 2. The molecule has 1 heterocycles. The molecular weight excluding hydrogens is 329 g/mol. The fraction of sp³-hybridized carbons (Fsp3) is 0.118. The number of nitrogens with one attached hydrogen (secondary N) is 1. The van der Waals surface area contributed by atoms with Gasteiger partial charge in [-0.3, -0.25) is 10.1 Å². The van der Waals surface area contributed by atoms with Crippen molar-refractivity contribution < 1.29 is 23.1 Å². The number of methoxy groups -OCH3 is 2. The molecule has 0 saturated heterocycles. The van der Waals surface area contributed by atoms with E-state index in [1.165, 1.54) is 44.6 Å². The van der Waals surface area contributed by atoms with Crippen LogP contribution in [0.3, 0.4) is 0 Å². The molecule has 1 N–H and O–H groups in total. The minimum atomic E-state index is -0.495. The third-order valence-electron chi connectivity index (χ3n) is 3.39. The molecule has 128 valence electrons. The number of hydrogen-bond donors (Lipinski definition) is 1. The van der Waals surface area contributed by atoms with Crippen LogP contribution in [0.25, 0.3) is 11.5 Å². The molecule has 1 aromatic heterocycles. The molecule has 0 aliphatic rings. The molecule has 0 atom stereocenters. The molecule has 2 aromatic carbocycles. The predicted octanol–water partition coefficient (Wildman–Crippen LogP) is 3.15. The van der Waals surface area contributed by atoms with Crippen LogP contribution in [-0.4, -0.2) is 30.3 Å². The molecule has 0 bridgehead atoms. The van der Waals surface area contributed by atoms with Crippen molar-refractivity contribution in [3.8, 4) is 23.0 Å². The second kappa shape index (κ2) is 7.00. The van der Waals surface area contributed by atoms with Crippen molar-refractivity contribution in [1.82, 2.24) is 10.2 Å². The normalized spacial score (nSPS) is 10.4. The molecule has 7 nitrogen and oxygen atoms in total. The monoisotopic (exact) mass is 343 g/mol. The predicted molar refractivity (Wildman–Crippen MR) is 87.2 cm³/mol. The average Bonchev–Trinajstić information content (AvgIpc) is 3.10. The van der Waals surface area contributed by atoms with Crippen LogP contribution >= 0.6 is 0 Å². The van der Waals surface area contributed by atoms with Gasteiger partial charge < -0.3 is 13.9 Å². The Kier molecular flexibility index (Phi) is 4.60. The van der Waals surface area contributed by atoms with Gasteiger partial charge in [-0.05, 0) is 42.5 Å². The van der Waals surface area contributed by atoms with Crippen molar-refractivity contribution in [1.29, 1.82) is 0 Å². The lowest BCUT2D eigenvalue weighted by Gasteiger charge is -2.09. The quantitative estimate of drug-likeness (QED) is 0.766. The summed E-state index contributed by atoms with van der Waals surface area (Å²) in [5.41, 5.74) is 0.789. The van der Waals surface area contributed by atoms with E-state index in [1.54, 1.807) is 12.1 Å². The molecule has 0 unspecified atom stereocenters. The molecule has 0 fully saturated rings. The standard InChI is InChI=1S/C17H14FN3O4/c1-23-12-7-8-14(24-2)13(9-12)15(22)19-17-21-20-16(25-17)10-3-5-11(18)6-4-10/h3-9H,1-2H3,(H,19,21,22). The van der Waals surface area contributed by atoms with Crippen LogP contribution in [0.15, 0.2) is 46.9 Å². The van der Waals surface area contributed by atoms with Crippen LogP contribution in [0.2, 0.25) is 0 Å². The Morgan fingerprint density at radius 3 is 2.52 bits per heavy atom. The Hall–Kier alpha value is -3.42. The van der Waals surface area contributed by atoms with E-state index >= 15 is 0 Å². The molecule has 0 radical (unpaired) electrons. The highest BCUT2D eigenvalue weighted by atomic mass is 19.1. The minimum Gasteiger partial charge on any atom is -0.497 e. The van der Waals surface area contributed by atoms with Gasteiger partial charge in [-0.2, -0.15) is 0 Å². The van der Waals surface area contributed by atoms with Gasteiger partial charge in [-0.1, -0.05) is 5.10 Å². The summed E-state index contributed by atoms with van der Waals surface area (Å²) in [7, 11) is 2.95. The molecule has 1 amide bonds. The summed E-state index contributed by atoms with van der Waals surface area (Å²) in [5.74, 6) is 0.167. The van der Waals surface area contributed by atoms with E-state index in [2.05, 4.69) is 15.5 Å². The first-order chi connectivity index (χ1) is 12.1. The number of halogens is 1. The molecule has 3 aromatic rings. The molecule has 3 rings (SSSR count). The lowest BCUT2D eigenvalue weighted by molar-refractivity contribution is 0.102.